The first-order valence-electron chi connectivity index (χ1n) is 9.69. The number of fused-ring (bicyclic) bond motifs is 1. The standard InChI is InChI=1S/C21H19NO4S2.CH2O3/c1-21(15-5-3-2-4-6-15)12-19(21)22-28(23,24)20-10-9-18(27-20)14-7-8-16-17(11-14)26-13-25-16;2-1(3)4/h2-11,19,22H,12-13H2,1H3;(H2,2,3,4)/t19-,21+;/m0./s1. The molecule has 5 rings (SSSR count). The van der Waals surface area contributed by atoms with Gasteiger partial charge in [0, 0.05) is 16.3 Å². The van der Waals surface area contributed by atoms with Gasteiger partial charge < -0.3 is 19.7 Å². The van der Waals surface area contributed by atoms with Gasteiger partial charge in [0.15, 0.2) is 11.5 Å². The van der Waals surface area contributed by atoms with Gasteiger partial charge in [0.05, 0.1) is 0 Å². The topological polar surface area (TPSA) is 122 Å². The molecule has 32 heavy (non-hydrogen) atoms. The predicted molar refractivity (Wildman–Crippen MR) is 119 cm³/mol. The first-order valence-corrected chi connectivity index (χ1v) is 12.0. The summed E-state index contributed by atoms with van der Waals surface area (Å²) in [5.41, 5.74) is 1.93. The highest BCUT2D eigenvalue weighted by Crippen LogP contribution is 2.48. The lowest BCUT2D eigenvalue weighted by molar-refractivity contribution is 0.137. The number of thiophene rings is 1. The van der Waals surface area contributed by atoms with E-state index in [1.807, 2.05) is 42.5 Å². The largest absolute Gasteiger partial charge is 0.503 e. The molecule has 0 unspecified atom stereocenters. The van der Waals surface area contributed by atoms with Crippen LogP contribution in [0.15, 0.2) is 64.9 Å². The Kier molecular flexibility index (Phi) is 5.85. The van der Waals surface area contributed by atoms with Crippen LogP contribution in [0.2, 0.25) is 0 Å². The molecule has 2 aliphatic rings. The molecule has 3 N–H and O–H groups in total. The van der Waals surface area contributed by atoms with Crippen molar-refractivity contribution >= 4 is 27.5 Å². The summed E-state index contributed by atoms with van der Waals surface area (Å²) in [5, 5.41) is 13.9. The first-order chi connectivity index (χ1) is 15.2. The van der Waals surface area contributed by atoms with E-state index in [9.17, 15) is 8.42 Å². The van der Waals surface area contributed by atoms with Gasteiger partial charge in [0.25, 0.3) is 0 Å². The molecule has 0 spiro atoms. The zero-order valence-electron chi connectivity index (χ0n) is 17.0. The highest BCUT2D eigenvalue weighted by Gasteiger charge is 2.53. The molecule has 1 saturated carbocycles. The third kappa shape index (κ3) is 4.57. The summed E-state index contributed by atoms with van der Waals surface area (Å²) in [6.45, 7) is 2.32. The van der Waals surface area contributed by atoms with Crippen molar-refractivity contribution in [2.45, 2.75) is 29.0 Å². The molecule has 0 bridgehead atoms. The number of hydrogen-bond acceptors (Lipinski definition) is 6. The van der Waals surface area contributed by atoms with Crippen LogP contribution in [0.4, 0.5) is 4.79 Å². The molecular formula is C22H21NO7S2. The van der Waals surface area contributed by atoms with Gasteiger partial charge in [-0.1, -0.05) is 37.3 Å². The van der Waals surface area contributed by atoms with E-state index in [1.54, 1.807) is 6.07 Å². The molecular weight excluding hydrogens is 454 g/mol. The van der Waals surface area contributed by atoms with Gasteiger partial charge in [0.1, 0.15) is 4.21 Å². The number of carboxylic acid groups (broad SMARTS) is 2. The number of nitrogens with one attached hydrogen (secondary N) is 1. The number of carbonyl (C=O) groups is 1. The molecule has 1 fully saturated rings. The van der Waals surface area contributed by atoms with E-state index in [0.29, 0.717) is 15.7 Å². The van der Waals surface area contributed by atoms with Crippen LogP contribution in [-0.2, 0) is 15.4 Å². The Hall–Kier alpha value is -3.08. The normalized spacial score (nSPS) is 20.8. The Balaban J connectivity index is 0.000000567. The number of ether oxygens (including phenoxy) is 2. The average molecular weight is 476 g/mol. The first kappa shape index (κ1) is 22.1. The highest BCUT2D eigenvalue weighted by atomic mass is 32.2. The van der Waals surface area contributed by atoms with Crippen LogP contribution in [0, 0.1) is 0 Å². The lowest BCUT2D eigenvalue weighted by atomic mass is 9.98. The third-order valence-electron chi connectivity index (χ3n) is 5.47. The molecule has 8 nitrogen and oxygen atoms in total. The second-order valence-corrected chi connectivity index (χ2v) is 10.7. The Morgan fingerprint density at radius 3 is 2.47 bits per heavy atom. The van der Waals surface area contributed by atoms with Crippen molar-refractivity contribution in [2.24, 2.45) is 0 Å². The highest BCUT2D eigenvalue weighted by molar-refractivity contribution is 7.91. The lowest BCUT2D eigenvalue weighted by Gasteiger charge is -2.12. The summed E-state index contributed by atoms with van der Waals surface area (Å²) in [6.07, 6.45) is -1.03. The molecule has 10 heteroatoms. The minimum Gasteiger partial charge on any atom is -0.454 e. The fourth-order valence-corrected chi connectivity index (χ4v) is 6.26. The second-order valence-electron chi connectivity index (χ2n) is 7.63. The van der Waals surface area contributed by atoms with Crippen LogP contribution in [0.5, 0.6) is 11.5 Å². The molecule has 0 amide bonds. The van der Waals surface area contributed by atoms with Crippen molar-refractivity contribution in [3.8, 4) is 21.9 Å². The van der Waals surface area contributed by atoms with E-state index in [4.69, 9.17) is 24.5 Å². The molecule has 2 aromatic carbocycles. The van der Waals surface area contributed by atoms with E-state index < -0.39 is 16.2 Å². The Labute approximate surface area is 189 Å². The van der Waals surface area contributed by atoms with Gasteiger partial charge in [0.2, 0.25) is 16.8 Å². The molecule has 0 saturated heterocycles. The molecule has 1 aliphatic heterocycles. The van der Waals surface area contributed by atoms with Gasteiger partial charge in [-0.3, -0.25) is 0 Å². The second kappa shape index (κ2) is 8.45. The molecule has 1 aromatic heterocycles. The van der Waals surface area contributed by atoms with Crippen LogP contribution in [0.25, 0.3) is 10.4 Å². The van der Waals surface area contributed by atoms with E-state index in [-0.39, 0.29) is 18.2 Å². The predicted octanol–water partition coefficient (Wildman–Crippen LogP) is 4.37. The maximum atomic E-state index is 12.9. The van der Waals surface area contributed by atoms with Crippen molar-refractivity contribution in [3.05, 3.63) is 66.2 Å². The summed E-state index contributed by atoms with van der Waals surface area (Å²) < 4.78 is 39.7. The summed E-state index contributed by atoms with van der Waals surface area (Å²) in [4.78, 5) is 9.43. The maximum absolute atomic E-state index is 12.9. The van der Waals surface area contributed by atoms with Crippen LogP contribution >= 0.6 is 11.3 Å². The van der Waals surface area contributed by atoms with Gasteiger partial charge >= 0.3 is 6.16 Å². The maximum Gasteiger partial charge on any atom is 0.503 e. The Morgan fingerprint density at radius 1 is 1.06 bits per heavy atom. The van der Waals surface area contributed by atoms with Gasteiger partial charge in [-0.05, 0) is 47.9 Å². The van der Waals surface area contributed by atoms with Crippen LogP contribution < -0.4 is 14.2 Å². The van der Waals surface area contributed by atoms with Crippen LogP contribution in [-0.4, -0.2) is 37.6 Å². The summed E-state index contributed by atoms with van der Waals surface area (Å²) >= 11 is 1.26. The molecule has 1 aliphatic carbocycles. The summed E-state index contributed by atoms with van der Waals surface area (Å²) in [6, 6.07) is 19.1. The van der Waals surface area contributed by atoms with E-state index in [2.05, 4.69) is 23.8 Å². The number of hydrogen-bond donors (Lipinski definition) is 3. The summed E-state index contributed by atoms with van der Waals surface area (Å²) in [7, 11) is -3.56. The number of sulfonamides is 1. The summed E-state index contributed by atoms with van der Waals surface area (Å²) in [5.74, 6) is 1.40. The van der Waals surface area contributed by atoms with Crippen molar-refractivity contribution in [2.75, 3.05) is 6.79 Å². The number of rotatable bonds is 5. The van der Waals surface area contributed by atoms with Crippen molar-refractivity contribution in [3.63, 3.8) is 0 Å². The zero-order valence-corrected chi connectivity index (χ0v) is 18.7. The SMILES string of the molecule is C[C@]1(c2ccccc2)C[C@@H]1NS(=O)(=O)c1ccc(-c2ccc3c(c2)OCO3)s1.O=C(O)O. The van der Waals surface area contributed by atoms with Crippen molar-refractivity contribution < 1.29 is 32.9 Å². The van der Waals surface area contributed by atoms with Crippen molar-refractivity contribution in [1.29, 1.82) is 0 Å². The van der Waals surface area contributed by atoms with E-state index >= 15 is 0 Å². The van der Waals surface area contributed by atoms with Crippen molar-refractivity contribution in [1.82, 2.24) is 4.72 Å². The van der Waals surface area contributed by atoms with Crippen LogP contribution in [0.3, 0.4) is 0 Å². The Bertz CT molecular complexity index is 1240. The minimum atomic E-state index is -3.56. The quantitative estimate of drug-likeness (QED) is 0.501. The zero-order chi connectivity index (χ0) is 22.9. The fraction of sp³-hybridized carbons (Fsp3) is 0.227. The molecule has 168 valence electrons. The molecule has 2 heterocycles. The monoisotopic (exact) mass is 475 g/mol. The van der Waals surface area contributed by atoms with Gasteiger partial charge in [-0.2, -0.15) is 0 Å². The Morgan fingerprint density at radius 2 is 1.75 bits per heavy atom. The molecule has 2 atom stereocenters. The molecule has 0 radical (unpaired) electrons. The molecule has 3 aromatic rings. The van der Waals surface area contributed by atoms with E-state index in [0.717, 1.165) is 22.4 Å². The fourth-order valence-electron chi connectivity index (χ4n) is 3.59. The number of benzene rings is 2. The van der Waals surface area contributed by atoms with Gasteiger partial charge in [-0.25, -0.2) is 17.9 Å². The van der Waals surface area contributed by atoms with Gasteiger partial charge in [-0.15, -0.1) is 11.3 Å². The minimum absolute atomic E-state index is 0.0870. The lowest BCUT2D eigenvalue weighted by Crippen LogP contribution is -2.29. The van der Waals surface area contributed by atoms with Crippen LogP contribution in [0.1, 0.15) is 18.9 Å². The average Bonchev–Trinajstić information content (AvgIpc) is 3.15. The smallest absolute Gasteiger partial charge is 0.454 e. The third-order valence-corrected chi connectivity index (χ3v) is 8.57. The van der Waals surface area contributed by atoms with E-state index in [1.165, 1.54) is 11.3 Å².